The topological polar surface area (TPSA) is 39.7 Å². The third-order valence-corrected chi connectivity index (χ3v) is 3.22. The molecule has 2 rings (SSSR count). The van der Waals surface area contributed by atoms with E-state index in [0.29, 0.717) is 12.7 Å². The Morgan fingerprint density at radius 3 is 2.39 bits per heavy atom. The van der Waals surface area contributed by atoms with Crippen LogP contribution in [-0.4, -0.2) is 19.3 Å². The molecule has 4 nitrogen and oxygen atoms in total. The van der Waals surface area contributed by atoms with Gasteiger partial charge in [0.1, 0.15) is 0 Å². The highest BCUT2D eigenvalue weighted by molar-refractivity contribution is 5.13. The zero-order valence-corrected chi connectivity index (χ0v) is 10.8. The maximum Gasteiger partial charge on any atom is 0.0951 e. The van der Waals surface area contributed by atoms with Gasteiger partial charge < -0.3 is 4.74 Å². The molecule has 0 aliphatic heterocycles. The van der Waals surface area contributed by atoms with Crippen LogP contribution in [0.5, 0.6) is 0 Å². The van der Waals surface area contributed by atoms with E-state index in [1.807, 2.05) is 18.2 Å². The molecule has 0 bridgehead atoms. The fourth-order valence-electron chi connectivity index (χ4n) is 2.20. The summed E-state index contributed by atoms with van der Waals surface area (Å²) in [4.78, 5) is 9.92. The monoisotopic (exact) mass is 251 g/mol. The summed E-state index contributed by atoms with van der Waals surface area (Å²) >= 11 is 0. The molecule has 0 aromatic heterocycles. The fraction of sp³-hybridized carbons (Fsp3) is 0.571. The quantitative estimate of drug-likeness (QED) is 0.623. The molecule has 1 aromatic carbocycles. The minimum Gasteiger partial charge on any atom is -0.374 e. The van der Waals surface area contributed by atoms with Gasteiger partial charge in [-0.15, -0.1) is 4.99 Å². The van der Waals surface area contributed by atoms with Crippen molar-refractivity contribution in [2.45, 2.75) is 44.5 Å². The number of rotatable bonds is 6. The van der Waals surface area contributed by atoms with E-state index in [-0.39, 0.29) is 6.10 Å². The van der Waals surface area contributed by atoms with Gasteiger partial charge in [-0.3, -0.25) is 0 Å². The number of nitrogens with one attached hydrogen (secondary N) is 1. The van der Waals surface area contributed by atoms with Crippen molar-refractivity contribution >= 4 is 0 Å². The van der Waals surface area contributed by atoms with Crippen LogP contribution in [0, 0.1) is 0 Å². The summed E-state index contributed by atoms with van der Waals surface area (Å²) in [5.74, 6) is 0. The standard InChI is InChI=1S/C14H21NO3/c1-15-18-17-14-9-7-13(8-10-14)16-11-12-5-3-2-4-6-12/h2-6,13-15H,7-11H2,1H3. The number of hydrogen-bond acceptors (Lipinski definition) is 4. The molecule has 1 N–H and O–H groups in total. The molecule has 0 spiro atoms. The molecule has 1 fully saturated rings. The van der Waals surface area contributed by atoms with Crippen molar-refractivity contribution in [2.24, 2.45) is 0 Å². The first kappa shape index (κ1) is 13.5. The largest absolute Gasteiger partial charge is 0.374 e. The van der Waals surface area contributed by atoms with Crippen LogP contribution in [0.4, 0.5) is 0 Å². The smallest absolute Gasteiger partial charge is 0.0951 e. The molecule has 1 aliphatic rings. The van der Waals surface area contributed by atoms with Crippen LogP contribution in [0.15, 0.2) is 30.3 Å². The Kier molecular flexibility index (Phi) is 5.61. The van der Waals surface area contributed by atoms with Gasteiger partial charge in [-0.05, 0) is 31.2 Å². The van der Waals surface area contributed by atoms with Gasteiger partial charge in [-0.25, -0.2) is 4.89 Å². The van der Waals surface area contributed by atoms with Crippen molar-refractivity contribution in [3.63, 3.8) is 0 Å². The predicted octanol–water partition coefficient (Wildman–Crippen LogP) is 2.60. The first-order valence-corrected chi connectivity index (χ1v) is 6.53. The first-order chi connectivity index (χ1) is 8.88. The summed E-state index contributed by atoms with van der Waals surface area (Å²) in [5, 5.41) is 0. The minimum atomic E-state index is 0.189. The van der Waals surface area contributed by atoms with Crippen LogP contribution < -0.4 is 5.48 Å². The predicted molar refractivity (Wildman–Crippen MR) is 68.5 cm³/mol. The molecule has 0 saturated heterocycles. The van der Waals surface area contributed by atoms with E-state index < -0.39 is 0 Å². The SMILES string of the molecule is CNOOC1CCC(OCc2ccccc2)CC1. The molecule has 0 amide bonds. The van der Waals surface area contributed by atoms with E-state index in [9.17, 15) is 0 Å². The van der Waals surface area contributed by atoms with Crippen LogP contribution >= 0.6 is 0 Å². The molecule has 0 heterocycles. The second-order valence-electron chi connectivity index (χ2n) is 4.58. The summed E-state index contributed by atoms with van der Waals surface area (Å²) in [6.45, 7) is 0.698. The van der Waals surface area contributed by atoms with E-state index in [1.54, 1.807) is 7.05 Å². The Bertz CT molecular complexity index is 323. The van der Waals surface area contributed by atoms with Gasteiger partial charge in [0.2, 0.25) is 0 Å². The molecule has 1 aliphatic carbocycles. The third-order valence-electron chi connectivity index (χ3n) is 3.22. The summed E-state index contributed by atoms with van der Waals surface area (Å²) < 4.78 is 5.91. The lowest BCUT2D eigenvalue weighted by Gasteiger charge is -2.27. The maximum atomic E-state index is 5.91. The summed E-state index contributed by atoms with van der Waals surface area (Å²) in [6, 6.07) is 10.3. The van der Waals surface area contributed by atoms with E-state index >= 15 is 0 Å². The Morgan fingerprint density at radius 2 is 1.72 bits per heavy atom. The molecule has 0 atom stereocenters. The average Bonchev–Trinajstić information content (AvgIpc) is 2.45. The maximum absolute atomic E-state index is 5.91. The average molecular weight is 251 g/mol. The van der Waals surface area contributed by atoms with E-state index in [0.717, 1.165) is 25.7 Å². The van der Waals surface area contributed by atoms with Crippen LogP contribution in [0.2, 0.25) is 0 Å². The summed E-state index contributed by atoms with van der Waals surface area (Å²) in [7, 11) is 1.69. The molecule has 100 valence electrons. The molecule has 1 aromatic rings. The lowest BCUT2D eigenvalue weighted by Crippen LogP contribution is -2.27. The van der Waals surface area contributed by atoms with Crippen LogP contribution in [0.25, 0.3) is 0 Å². The highest BCUT2D eigenvalue weighted by Gasteiger charge is 2.22. The molecular formula is C14H21NO3. The lowest BCUT2D eigenvalue weighted by atomic mass is 9.95. The van der Waals surface area contributed by atoms with Crippen molar-refractivity contribution in [1.82, 2.24) is 5.48 Å². The summed E-state index contributed by atoms with van der Waals surface area (Å²) in [5.41, 5.74) is 3.75. The number of benzene rings is 1. The zero-order valence-electron chi connectivity index (χ0n) is 10.8. The van der Waals surface area contributed by atoms with Crippen molar-refractivity contribution in [1.29, 1.82) is 0 Å². The van der Waals surface area contributed by atoms with Crippen molar-refractivity contribution in [2.75, 3.05) is 7.05 Å². The summed E-state index contributed by atoms with van der Waals surface area (Å²) in [6.07, 6.45) is 4.57. The van der Waals surface area contributed by atoms with E-state index in [4.69, 9.17) is 14.6 Å². The lowest BCUT2D eigenvalue weighted by molar-refractivity contribution is -0.363. The van der Waals surface area contributed by atoms with Crippen molar-refractivity contribution in [3.8, 4) is 0 Å². The zero-order chi connectivity index (χ0) is 12.6. The Balaban J connectivity index is 1.65. The fourth-order valence-corrected chi connectivity index (χ4v) is 2.20. The molecule has 18 heavy (non-hydrogen) atoms. The van der Waals surface area contributed by atoms with Crippen LogP contribution in [-0.2, 0) is 21.2 Å². The van der Waals surface area contributed by atoms with Crippen molar-refractivity contribution < 1.29 is 14.6 Å². The van der Waals surface area contributed by atoms with Gasteiger partial charge in [0.25, 0.3) is 0 Å². The van der Waals surface area contributed by atoms with Crippen molar-refractivity contribution in [3.05, 3.63) is 35.9 Å². The number of hydroxylamine groups is 1. The second kappa shape index (κ2) is 7.48. The Labute approximate surface area is 108 Å². The van der Waals surface area contributed by atoms with Crippen LogP contribution in [0.1, 0.15) is 31.2 Å². The van der Waals surface area contributed by atoms with E-state index in [2.05, 4.69) is 17.6 Å². The number of ether oxygens (including phenoxy) is 1. The van der Waals surface area contributed by atoms with Gasteiger partial charge in [-0.2, -0.15) is 5.48 Å². The highest BCUT2D eigenvalue weighted by atomic mass is 17.3. The van der Waals surface area contributed by atoms with Gasteiger partial charge in [-0.1, -0.05) is 30.3 Å². The normalized spacial score (nSPS) is 24.1. The highest BCUT2D eigenvalue weighted by Crippen LogP contribution is 2.24. The van der Waals surface area contributed by atoms with Crippen LogP contribution in [0.3, 0.4) is 0 Å². The molecule has 0 unspecified atom stereocenters. The van der Waals surface area contributed by atoms with E-state index in [1.165, 1.54) is 5.56 Å². The second-order valence-corrected chi connectivity index (χ2v) is 4.58. The minimum absolute atomic E-state index is 0.189. The molecule has 0 radical (unpaired) electrons. The molecule has 4 heteroatoms. The third kappa shape index (κ3) is 4.38. The van der Waals surface area contributed by atoms with Gasteiger partial charge in [0.05, 0.1) is 18.8 Å². The van der Waals surface area contributed by atoms with Gasteiger partial charge in [0.15, 0.2) is 0 Å². The number of hydrogen-bond donors (Lipinski definition) is 1. The first-order valence-electron chi connectivity index (χ1n) is 6.53. The van der Waals surface area contributed by atoms with Gasteiger partial charge >= 0.3 is 0 Å². The molecule has 1 saturated carbocycles. The Morgan fingerprint density at radius 1 is 1.06 bits per heavy atom. The van der Waals surface area contributed by atoms with Gasteiger partial charge in [0, 0.05) is 7.05 Å². The Hall–Kier alpha value is -0.940. The molecular weight excluding hydrogens is 230 g/mol.